The fraction of sp³-hybridized carbons (Fsp3) is 0.192. The molecule has 0 radical (unpaired) electrons. The van der Waals surface area contributed by atoms with E-state index in [1.807, 2.05) is 25.4 Å². The molecule has 0 spiro atoms. The van der Waals surface area contributed by atoms with Crippen LogP contribution >= 0.6 is 11.6 Å². The Morgan fingerprint density at radius 1 is 1.06 bits per heavy atom. The van der Waals surface area contributed by atoms with Crippen molar-refractivity contribution in [1.82, 2.24) is 14.8 Å². The van der Waals surface area contributed by atoms with Gasteiger partial charge in [0.25, 0.3) is 0 Å². The van der Waals surface area contributed by atoms with E-state index in [9.17, 15) is 9.18 Å². The Bertz CT molecular complexity index is 1400. The highest BCUT2D eigenvalue weighted by Crippen LogP contribution is 2.30. The number of nitrogens with one attached hydrogen (secondary N) is 2. The Kier molecular flexibility index (Phi) is 6.73. The van der Waals surface area contributed by atoms with Crippen LogP contribution in [0.5, 0.6) is 11.5 Å². The standard InChI is InChI=1S/C26H24ClFN6O2/c1-33-16-17(15-30-33)24-14-22(6-7-29-24)36-25-5-4-19(13-23(25)28)31-26(35)32-20-10-18(27)11-21(12-20)34-8-2-3-9-34/h4-7,10-16H,2-3,8-9H2,1H3,(H2,31,32,35). The van der Waals surface area contributed by atoms with E-state index < -0.39 is 11.8 Å². The van der Waals surface area contributed by atoms with E-state index in [4.69, 9.17) is 16.3 Å². The molecule has 1 saturated heterocycles. The molecular formula is C26H24ClFN6O2. The molecule has 0 unspecified atom stereocenters. The first-order chi connectivity index (χ1) is 17.4. The van der Waals surface area contributed by atoms with Gasteiger partial charge in [-0.05, 0) is 49.2 Å². The summed E-state index contributed by atoms with van der Waals surface area (Å²) in [5.41, 5.74) is 3.28. The first-order valence-electron chi connectivity index (χ1n) is 11.5. The Morgan fingerprint density at radius 2 is 1.86 bits per heavy atom. The highest BCUT2D eigenvalue weighted by Gasteiger charge is 2.15. The Hall–Kier alpha value is -4.11. The summed E-state index contributed by atoms with van der Waals surface area (Å²) in [6, 6.07) is 12.5. The molecule has 36 heavy (non-hydrogen) atoms. The average Bonchev–Trinajstić information content (AvgIpc) is 3.53. The number of nitrogens with zero attached hydrogens (tertiary/aromatic N) is 4. The first kappa shape index (κ1) is 23.6. The molecule has 2 amide bonds. The number of pyridine rings is 1. The fourth-order valence-corrected chi connectivity index (χ4v) is 4.30. The van der Waals surface area contributed by atoms with Gasteiger partial charge in [0.1, 0.15) is 5.75 Å². The van der Waals surface area contributed by atoms with E-state index in [2.05, 4.69) is 25.6 Å². The summed E-state index contributed by atoms with van der Waals surface area (Å²) in [5.74, 6) is -0.169. The maximum Gasteiger partial charge on any atom is 0.323 e. The maximum absolute atomic E-state index is 14.8. The Labute approximate surface area is 212 Å². The normalized spacial score (nSPS) is 13.0. The molecule has 5 rings (SSSR count). The predicted molar refractivity (Wildman–Crippen MR) is 138 cm³/mol. The van der Waals surface area contributed by atoms with Gasteiger partial charge >= 0.3 is 6.03 Å². The van der Waals surface area contributed by atoms with Crippen molar-refractivity contribution in [1.29, 1.82) is 0 Å². The van der Waals surface area contributed by atoms with Crippen molar-refractivity contribution in [2.45, 2.75) is 12.8 Å². The molecule has 1 aliphatic rings. The quantitative estimate of drug-likeness (QED) is 0.320. The van der Waals surface area contributed by atoms with Crippen molar-refractivity contribution >= 4 is 34.7 Å². The monoisotopic (exact) mass is 506 g/mol. The van der Waals surface area contributed by atoms with Crippen LogP contribution in [0.1, 0.15) is 12.8 Å². The number of carbonyl (C=O) groups excluding carboxylic acids is 1. The number of carbonyl (C=O) groups is 1. The number of hydrogen-bond acceptors (Lipinski definition) is 5. The van der Waals surface area contributed by atoms with Crippen LogP contribution < -0.4 is 20.3 Å². The summed E-state index contributed by atoms with van der Waals surface area (Å²) >= 11 is 6.25. The third kappa shape index (κ3) is 5.58. The van der Waals surface area contributed by atoms with Crippen LogP contribution in [0.4, 0.5) is 26.2 Å². The van der Waals surface area contributed by atoms with Gasteiger partial charge in [-0.2, -0.15) is 5.10 Å². The Balaban J connectivity index is 1.24. The minimum Gasteiger partial charge on any atom is -0.454 e. The molecule has 1 aliphatic heterocycles. The lowest BCUT2D eigenvalue weighted by Crippen LogP contribution is -2.21. The highest BCUT2D eigenvalue weighted by atomic mass is 35.5. The van der Waals surface area contributed by atoms with Crippen molar-refractivity contribution in [3.63, 3.8) is 0 Å². The molecule has 0 saturated carbocycles. The van der Waals surface area contributed by atoms with Crippen LogP contribution in [-0.4, -0.2) is 33.9 Å². The van der Waals surface area contributed by atoms with Gasteiger partial charge in [0.05, 0.1) is 11.9 Å². The number of rotatable bonds is 6. The summed E-state index contributed by atoms with van der Waals surface area (Å²) in [7, 11) is 1.82. The van der Waals surface area contributed by atoms with Gasteiger partial charge in [-0.15, -0.1) is 0 Å². The minimum absolute atomic E-state index is 0.0226. The number of anilines is 3. The molecule has 3 heterocycles. The van der Waals surface area contributed by atoms with Gasteiger partial charge in [-0.1, -0.05) is 11.6 Å². The molecule has 2 aromatic carbocycles. The van der Waals surface area contributed by atoms with Crippen molar-refractivity contribution in [2.24, 2.45) is 7.05 Å². The second kappa shape index (κ2) is 10.2. The van der Waals surface area contributed by atoms with Crippen LogP contribution in [0, 0.1) is 5.82 Å². The molecule has 0 atom stereocenters. The lowest BCUT2D eigenvalue weighted by atomic mass is 10.2. The summed E-state index contributed by atoms with van der Waals surface area (Å²) < 4.78 is 22.2. The van der Waals surface area contributed by atoms with Crippen LogP contribution in [0.15, 0.2) is 67.1 Å². The van der Waals surface area contributed by atoms with Gasteiger partial charge in [0, 0.05) is 72.3 Å². The average molecular weight is 507 g/mol. The minimum atomic E-state index is -0.619. The molecule has 10 heteroatoms. The van der Waals surface area contributed by atoms with Crippen molar-refractivity contribution in [2.75, 3.05) is 28.6 Å². The zero-order valence-corrected chi connectivity index (χ0v) is 20.3. The zero-order valence-electron chi connectivity index (χ0n) is 19.5. The topological polar surface area (TPSA) is 84.3 Å². The second-order valence-corrected chi connectivity index (χ2v) is 8.93. The third-order valence-electron chi connectivity index (χ3n) is 5.76. The Morgan fingerprint density at radius 3 is 2.61 bits per heavy atom. The largest absolute Gasteiger partial charge is 0.454 e. The number of aryl methyl sites for hydroxylation is 1. The van der Waals surface area contributed by atoms with Gasteiger partial charge in [-0.3, -0.25) is 9.67 Å². The molecule has 184 valence electrons. The van der Waals surface area contributed by atoms with E-state index in [0.717, 1.165) is 37.2 Å². The van der Waals surface area contributed by atoms with Gasteiger partial charge in [-0.25, -0.2) is 9.18 Å². The van der Waals surface area contributed by atoms with Crippen molar-refractivity contribution < 1.29 is 13.9 Å². The molecule has 4 aromatic rings. The molecule has 2 aromatic heterocycles. The first-order valence-corrected chi connectivity index (χ1v) is 11.9. The number of benzene rings is 2. The molecule has 0 aliphatic carbocycles. The number of ether oxygens (including phenoxy) is 1. The molecule has 1 fully saturated rings. The third-order valence-corrected chi connectivity index (χ3v) is 5.98. The number of amides is 2. The summed E-state index contributed by atoms with van der Waals surface area (Å²) in [4.78, 5) is 19.1. The fourth-order valence-electron chi connectivity index (χ4n) is 4.07. The smallest absolute Gasteiger partial charge is 0.323 e. The summed E-state index contributed by atoms with van der Waals surface area (Å²) in [6.07, 6.45) is 7.37. The van der Waals surface area contributed by atoms with E-state index in [1.54, 1.807) is 41.3 Å². The van der Waals surface area contributed by atoms with Crippen LogP contribution in [-0.2, 0) is 7.05 Å². The molecule has 0 bridgehead atoms. The SMILES string of the molecule is Cn1cc(-c2cc(Oc3ccc(NC(=O)Nc4cc(Cl)cc(N5CCCC5)c4)cc3F)ccn2)cn1. The summed E-state index contributed by atoms with van der Waals surface area (Å²) in [6.45, 7) is 1.92. The van der Waals surface area contributed by atoms with E-state index in [1.165, 1.54) is 12.1 Å². The van der Waals surface area contributed by atoms with Crippen molar-refractivity contribution in [3.05, 3.63) is 78.0 Å². The molecular weight excluding hydrogens is 483 g/mol. The number of aromatic nitrogens is 3. The van der Waals surface area contributed by atoms with Gasteiger partial charge < -0.3 is 20.3 Å². The van der Waals surface area contributed by atoms with Crippen LogP contribution in [0.3, 0.4) is 0 Å². The lowest BCUT2D eigenvalue weighted by molar-refractivity contribution is 0.262. The van der Waals surface area contributed by atoms with E-state index in [-0.39, 0.29) is 11.4 Å². The van der Waals surface area contributed by atoms with E-state index >= 15 is 0 Å². The predicted octanol–water partition coefficient (Wildman–Crippen LogP) is 6.31. The number of urea groups is 1. The van der Waals surface area contributed by atoms with Crippen LogP contribution in [0.25, 0.3) is 11.3 Å². The van der Waals surface area contributed by atoms with E-state index in [0.29, 0.717) is 22.2 Å². The molecule has 8 nitrogen and oxygen atoms in total. The van der Waals surface area contributed by atoms with Gasteiger partial charge in [0.15, 0.2) is 11.6 Å². The molecule has 2 N–H and O–H groups in total. The van der Waals surface area contributed by atoms with Crippen LogP contribution in [0.2, 0.25) is 5.02 Å². The van der Waals surface area contributed by atoms with Crippen molar-refractivity contribution in [3.8, 4) is 22.8 Å². The number of halogens is 2. The summed E-state index contributed by atoms with van der Waals surface area (Å²) in [5, 5.41) is 10.1. The van der Waals surface area contributed by atoms with Gasteiger partial charge in [0.2, 0.25) is 0 Å². The second-order valence-electron chi connectivity index (χ2n) is 8.50. The number of hydrogen-bond donors (Lipinski definition) is 2. The highest BCUT2D eigenvalue weighted by molar-refractivity contribution is 6.31. The zero-order chi connectivity index (χ0) is 25.1. The maximum atomic E-state index is 14.8. The lowest BCUT2D eigenvalue weighted by Gasteiger charge is -2.19.